The van der Waals surface area contributed by atoms with Gasteiger partial charge in [0.1, 0.15) is 5.82 Å². The fraction of sp³-hybridized carbons (Fsp3) is 0.240. The molecule has 1 aromatic heterocycles. The Morgan fingerprint density at radius 3 is 2.61 bits per heavy atom. The fourth-order valence-electron chi connectivity index (χ4n) is 3.49. The van der Waals surface area contributed by atoms with Crippen LogP contribution in [0.1, 0.15) is 23.1 Å². The van der Waals surface area contributed by atoms with Crippen LogP contribution in [0.3, 0.4) is 0 Å². The molecule has 8 nitrogen and oxygen atoms in total. The lowest BCUT2D eigenvalue weighted by Gasteiger charge is -2.23. The average molecular weight is 449 g/mol. The van der Waals surface area contributed by atoms with Gasteiger partial charge in [-0.05, 0) is 30.5 Å². The summed E-state index contributed by atoms with van der Waals surface area (Å²) in [6, 6.07) is 17.0. The maximum atomic E-state index is 13.2. The largest absolute Gasteiger partial charge is 0.385 e. The Hall–Kier alpha value is -3.91. The summed E-state index contributed by atoms with van der Waals surface area (Å²) in [4.78, 5) is 42.0. The summed E-state index contributed by atoms with van der Waals surface area (Å²) in [5.74, 6) is -0.489. The number of aryl methyl sites for hydroxylation is 1. The Kier molecular flexibility index (Phi) is 7.99. The van der Waals surface area contributed by atoms with Crippen LogP contribution in [0.5, 0.6) is 0 Å². The number of aromatic nitrogens is 2. The number of hydrogen-bond donors (Lipinski definition) is 2. The highest BCUT2D eigenvalue weighted by atomic mass is 16.5. The zero-order chi connectivity index (χ0) is 23.8. The summed E-state index contributed by atoms with van der Waals surface area (Å²) >= 11 is 0. The van der Waals surface area contributed by atoms with Crippen molar-refractivity contribution in [3.8, 4) is 0 Å². The van der Waals surface area contributed by atoms with Gasteiger partial charge in [-0.25, -0.2) is 4.79 Å². The predicted molar refractivity (Wildman–Crippen MR) is 130 cm³/mol. The second-order valence-corrected chi connectivity index (χ2v) is 7.65. The van der Waals surface area contributed by atoms with E-state index in [1.807, 2.05) is 61.5 Å². The highest BCUT2D eigenvalue weighted by Crippen LogP contribution is 2.19. The summed E-state index contributed by atoms with van der Waals surface area (Å²) in [6.45, 7) is 2.72. The number of nitrogens with one attached hydrogen (secondary N) is 1. The highest BCUT2D eigenvalue weighted by molar-refractivity contribution is 6.05. The van der Waals surface area contributed by atoms with E-state index < -0.39 is 17.2 Å². The minimum Gasteiger partial charge on any atom is -0.385 e. The van der Waals surface area contributed by atoms with Crippen LogP contribution in [-0.2, 0) is 16.1 Å². The molecule has 0 atom stereocenters. The molecule has 0 aliphatic rings. The lowest BCUT2D eigenvalue weighted by atomic mass is 10.1. The maximum Gasteiger partial charge on any atom is 0.330 e. The van der Waals surface area contributed by atoms with Gasteiger partial charge >= 0.3 is 5.69 Å². The molecule has 0 spiro atoms. The van der Waals surface area contributed by atoms with Gasteiger partial charge in [0, 0.05) is 26.3 Å². The van der Waals surface area contributed by atoms with Gasteiger partial charge in [0.15, 0.2) is 5.69 Å². The molecule has 0 aliphatic carbocycles. The van der Waals surface area contributed by atoms with E-state index in [1.54, 1.807) is 13.2 Å². The third-order valence-electron chi connectivity index (χ3n) is 5.12. The molecule has 1 amide bonds. The highest BCUT2D eigenvalue weighted by Gasteiger charge is 2.23. The Bertz CT molecular complexity index is 1250. The number of benzene rings is 2. The summed E-state index contributed by atoms with van der Waals surface area (Å²) in [5.41, 5.74) is 7.65. The van der Waals surface area contributed by atoms with Crippen LogP contribution in [0.25, 0.3) is 6.08 Å². The molecule has 3 aromatic rings. The third kappa shape index (κ3) is 6.08. The Morgan fingerprint density at radius 1 is 1.15 bits per heavy atom. The van der Waals surface area contributed by atoms with Gasteiger partial charge in [0.2, 0.25) is 0 Å². The normalized spacial score (nSPS) is 11.1. The van der Waals surface area contributed by atoms with Crippen molar-refractivity contribution in [1.29, 1.82) is 0 Å². The van der Waals surface area contributed by atoms with Crippen LogP contribution in [-0.4, -0.2) is 35.7 Å². The number of methoxy groups -OCH3 is 1. The topological polar surface area (TPSA) is 110 Å². The van der Waals surface area contributed by atoms with Crippen molar-refractivity contribution >= 4 is 23.5 Å². The van der Waals surface area contributed by atoms with Crippen molar-refractivity contribution in [2.24, 2.45) is 0 Å². The molecule has 0 radical (unpaired) electrons. The lowest BCUT2D eigenvalue weighted by molar-refractivity contribution is -0.114. The first-order valence-electron chi connectivity index (χ1n) is 10.6. The van der Waals surface area contributed by atoms with Crippen molar-refractivity contribution in [3.63, 3.8) is 0 Å². The number of hydrogen-bond acceptors (Lipinski definition) is 5. The maximum absolute atomic E-state index is 13.2. The molecule has 2 aromatic carbocycles. The minimum absolute atomic E-state index is 0.0551. The lowest BCUT2D eigenvalue weighted by Crippen LogP contribution is -2.41. The van der Waals surface area contributed by atoms with Gasteiger partial charge in [-0.1, -0.05) is 60.2 Å². The van der Waals surface area contributed by atoms with Crippen molar-refractivity contribution < 1.29 is 9.53 Å². The number of amides is 1. The van der Waals surface area contributed by atoms with E-state index in [0.717, 1.165) is 16.7 Å². The van der Waals surface area contributed by atoms with Gasteiger partial charge in [0.05, 0.1) is 6.54 Å². The molecule has 172 valence electrons. The number of H-pyrrole nitrogens is 1. The van der Waals surface area contributed by atoms with Crippen LogP contribution in [0.4, 0.5) is 11.5 Å². The van der Waals surface area contributed by atoms with Gasteiger partial charge in [0.25, 0.3) is 11.5 Å². The Morgan fingerprint density at radius 2 is 1.91 bits per heavy atom. The molecule has 0 saturated heterocycles. The van der Waals surface area contributed by atoms with E-state index in [-0.39, 0.29) is 24.6 Å². The fourth-order valence-corrected chi connectivity index (χ4v) is 3.49. The van der Waals surface area contributed by atoms with Gasteiger partial charge in [-0.15, -0.1) is 0 Å². The molecule has 0 bridgehead atoms. The molecule has 3 N–H and O–H groups in total. The minimum atomic E-state index is -0.712. The number of ether oxygens (including phenoxy) is 1. The number of nitrogens with zero attached hydrogens (tertiary/aromatic N) is 2. The number of nitrogen functional groups attached to an aromatic ring is 1. The zero-order valence-corrected chi connectivity index (χ0v) is 18.8. The first kappa shape index (κ1) is 23.7. The number of aromatic amines is 1. The van der Waals surface area contributed by atoms with Gasteiger partial charge in [-0.3, -0.25) is 19.1 Å². The molecule has 0 aliphatic heterocycles. The van der Waals surface area contributed by atoms with Crippen molar-refractivity contribution in [1.82, 2.24) is 9.55 Å². The van der Waals surface area contributed by atoms with Crippen LogP contribution in [0.2, 0.25) is 0 Å². The van der Waals surface area contributed by atoms with Crippen molar-refractivity contribution in [3.05, 3.63) is 98.2 Å². The van der Waals surface area contributed by atoms with Crippen molar-refractivity contribution in [2.45, 2.75) is 19.9 Å². The molecule has 0 fully saturated rings. The number of carbonyl (C=O) groups is 1. The smallest absolute Gasteiger partial charge is 0.330 e. The number of anilines is 2. The quantitative estimate of drug-likeness (QED) is 0.386. The average Bonchev–Trinajstić information content (AvgIpc) is 2.80. The van der Waals surface area contributed by atoms with E-state index in [0.29, 0.717) is 13.0 Å². The predicted octanol–water partition coefficient (Wildman–Crippen LogP) is 2.56. The van der Waals surface area contributed by atoms with E-state index >= 15 is 0 Å². The Labute approximate surface area is 191 Å². The molecule has 3 rings (SSSR count). The molecule has 0 saturated carbocycles. The van der Waals surface area contributed by atoms with Crippen LogP contribution in [0.15, 0.2) is 70.3 Å². The molecular formula is C25H28N4O4. The zero-order valence-electron chi connectivity index (χ0n) is 18.8. The number of carbonyl (C=O) groups excluding carboxylic acids is 1. The van der Waals surface area contributed by atoms with E-state index in [2.05, 4.69) is 4.98 Å². The monoisotopic (exact) mass is 448 g/mol. The van der Waals surface area contributed by atoms with Crippen LogP contribution < -0.4 is 21.9 Å². The second kappa shape index (κ2) is 11.1. The molecule has 33 heavy (non-hydrogen) atoms. The van der Waals surface area contributed by atoms with E-state index in [4.69, 9.17) is 10.5 Å². The molecule has 8 heteroatoms. The van der Waals surface area contributed by atoms with Crippen molar-refractivity contribution in [2.75, 3.05) is 30.9 Å². The SMILES string of the molecule is COCCCN(C(=O)C=Cc1cccc(C)c1)c1c(N)n(Cc2ccccc2)c(=O)[nH]c1=O. The molecule has 0 unspecified atom stereocenters. The van der Waals surface area contributed by atoms with E-state index in [1.165, 1.54) is 15.5 Å². The summed E-state index contributed by atoms with van der Waals surface area (Å²) in [6.07, 6.45) is 3.56. The third-order valence-corrected chi connectivity index (χ3v) is 5.12. The Balaban J connectivity index is 2.00. The summed E-state index contributed by atoms with van der Waals surface area (Å²) in [7, 11) is 1.56. The van der Waals surface area contributed by atoms with E-state index in [9.17, 15) is 14.4 Å². The first-order chi connectivity index (χ1) is 15.9. The summed E-state index contributed by atoms with van der Waals surface area (Å²) < 4.78 is 6.36. The number of nitrogens with two attached hydrogens (primary N) is 1. The van der Waals surface area contributed by atoms with Gasteiger partial charge < -0.3 is 15.4 Å². The number of rotatable bonds is 9. The second-order valence-electron chi connectivity index (χ2n) is 7.65. The first-order valence-corrected chi connectivity index (χ1v) is 10.6. The van der Waals surface area contributed by atoms with Gasteiger partial charge in [-0.2, -0.15) is 0 Å². The standard InChI is InChI=1S/C25H28N4O4/c1-18-8-6-11-19(16-18)12-13-21(30)28(14-7-15-33-2)22-23(26)29(25(32)27-24(22)31)17-20-9-4-3-5-10-20/h3-6,8-13,16H,7,14-15,17,26H2,1-2H3,(H,27,31,32). The molecular weight excluding hydrogens is 420 g/mol. The van der Waals surface area contributed by atoms with Crippen LogP contribution in [0, 0.1) is 6.92 Å². The summed E-state index contributed by atoms with van der Waals surface area (Å²) in [5, 5.41) is 0. The molecule has 1 heterocycles. The van der Waals surface area contributed by atoms with Crippen LogP contribution >= 0.6 is 0 Å².